The summed E-state index contributed by atoms with van der Waals surface area (Å²) in [5.74, 6) is 0.400. The van der Waals surface area contributed by atoms with Crippen molar-refractivity contribution in [2.45, 2.75) is 32.7 Å². The Balaban J connectivity index is 2.01. The molecule has 29 heavy (non-hydrogen) atoms. The second kappa shape index (κ2) is 9.05. The van der Waals surface area contributed by atoms with Gasteiger partial charge >= 0.3 is 5.97 Å². The van der Waals surface area contributed by atoms with E-state index in [4.69, 9.17) is 9.47 Å². The Hall–Kier alpha value is -2.93. The molecule has 0 aliphatic heterocycles. The number of methoxy groups -OCH3 is 2. The highest BCUT2D eigenvalue weighted by atomic mass is 32.1. The maximum Gasteiger partial charge on any atom is 0.325 e. The van der Waals surface area contributed by atoms with Crippen molar-refractivity contribution in [3.63, 3.8) is 0 Å². The first kappa shape index (κ1) is 20.8. The van der Waals surface area contributed by atoms with Gasteiger partial charge in [0.1, 0.15) is 12.3 Å². The van der Waals surface area contributed by atoms with E-state index in [0.29, 0.717) is 16.5 Å². The molecule has 152 valence electrons. The van der Waals surface area contributed by atoms with Crippen LogP contribution >= 0.6 is 11.3 Å². The Morgan fingerprint density at radius 1 is 1.14 bits per heavy atom. The number of benzene rings is 2. The topological polar surface area (TPSA) is 69.9 Å². The number of rotatable bonds is 6. The minimum atomic E-state index is -0.390. The summed E-state index contributed by atoms with van der Waals surface area (Å²) in [4.78, 5) is 29.3. The summed E-state index contributed by atoms with van der Waals surface area (Å²) >= 11 is 1.40. The third-order valence-electron chi connectivity index (χ3n) is 4.60. The number of esters is 1. The number of aromatic nitrogens is 1. The standard InChI is InChI=1S/C22H24N2O4S/c1-14(2)16-8-9-18-19(12-16)29-22(24(18)13-21(26)28-4)23-20(25)11-15-6-5-7-17(10-15)27-3/h5-10,12,14H,11,13H2,1-4H3. The van der Waals surface area contributed by atoms with Crippen LogP contribution in [0, 0.1) is 0 Å². The van der Waals surface area contributed by atoms with E-state index < -0.39 is 0 Å². The number of hydrogen-bond donors (Lipinski definition) is 0. The first-order valence-corrected chi connectivity index (χ1v) is 10.1. The van der Waals surface area contributed by atoms with E-state index >= 15 is 0 Å². The molecule has 0 aliphatic rings. The number of carbonyl (C=O) groups excluding carboxylic acids is 2. The highest BCUT2D eigenvalue weighted by molar-refractivity contribution is 7.16. The molecule has 1 amide bonds. The van der Waals surface area contributed by atoms with Crippen molar-refractivity contribution in [2.24, 2.45) is 4.99 Å². The van der Waals surface area contributed by atoms with Gasteiger partial charge in [-0.25, -0.2) is 0 Å². The van der Waals surface area contributed by atoms with Crippen LogP contribution in [0.2, 0.25) is 0 Å². The van der Waals surface area contributed by atoms with E-state index in [1.54, 1.807) is 11.7 Å². The molecule has 0 unspecified atom stereocenters. The predicted octanol–water partition coefficient (Wildman–Crippen LogP) is 3.68. The van der Waals surface area contributed by atoms with Crippen LogP contribution in [0.25, 0.3) is 10.2 Å². The molecule has 0 radical (unpaired) electrons. The average molecular weight is 413 g/mol. The van der Waals surface area contributed by atoms with Crippen molar-refractivity contribution in [3.8, 4) is 5.75 Å². The molecule has 6 nitrogen and oxygen atoms in total. The minimum Gasteiger partial charge on any atom is -0.497 e. The molecule has 0 saturated carbocycles. The SMILES string of the molecule is COC(=O)Cn1c(=NC(=O)Cc2cccc(OC)c2)sc2cc(C(C)C)ccc21. The van der Waals surface area contributed by atoms with E-state index in [-0.39, 0.29) is 24.8 Å². The molecular formula is C22H24N2O4S. The number of hydrogen-bond acceptors (Lipinski definition) is 5. The highest BCUT2D eigenvalue weighted by Crippen LogP contribution is 2.23. The molecule has 0 spiro atoms. The van der Waals surface area contributed by atoms with E-state index in [2.05, 4.69) is 24.9 Å². The summed E-state index contributed by atoms with van der Waals surface area (Å²) in [5, 5.41) is 0. The summed E-state index contributed by atoms with van der Waals surface area (Å²) in [6.45, 7) is 4.25. The monoisotopic (exact) mass is 412 g/mol. The smallest absolute Gasteiger partial charge is 0.325 e. The number of amides is 1. The zero-order valence-electron chi connectivity index (χ0n) is 17.0. The molecule has 0 fully saturated rings. The normalized spacial score (nSPS) is 11.8. The van der Waals surface area contributed by atoms with Gasteiger partial charge in [0.05, 0.1) is 30.9 Å². The van der Waals surface area contributed by atoms with E-state index in [1.165, 1.54) is 24.0 Å². The van der Waals surface area contributed by atoms with Crippen molar-refractivity contribution >= 4 is 33.4 Å². The van der Waals surface area contributed by atoms with E-state index in [0.717, 1.165) is 15.8 Å². The first-order valence-electron chi connectivity index (χ1n) is 9.32. The average Bonchev–Trinajstić information content (AvgIpc) is 3.03. The Morgan fingerprint density at radius 3 is 2.62 bits per heavy atom. The largest absolute Gasteiger partial charge is 0.497 e. The quantitative estimate of drug-likeness (QED) is 0.579. The lowest BCUT2D eigenvalue weighted by molar-refractivity contribution is -0.141. The molecule has 0 N–H and O–H groups in total. The van der Waals surface area contributed by atoms with Gasteiger partial charge in [-0.15, -0.1) is 0 Å². The van der Waals surface area contributed by atoms with Gasteiger partial charge in [0.2, 0.25) is 0 Å². The van der Waals surface area contributed by atoms with Gasteiger partial charge in [0.25, 0.3) is 5.91 Å². The van der Waals surface area contributed by atoms with Gasteiger partial charge in [-0.1, -0.05) is 43.4 Å². The van der Waals surface area contributed by atoms with Gasteiger partial charge in [-0.3, -0.25) is 9.59 Å². The first-order chi connectivity index (χ1) is 13.9. The van der Waals surface area contributed by atoms with Gasteiger partial charge in [-0.2, -0.15) is 4.99 Å². The second-order valence-electron chi connectivity index (χ2n) is 6.96. The molecule has 1 heterocycles. The fourth-order valence-corrected chi connectivity index (χ4v) is 4.08. The van der Waals surface area contributed by atoms with E-state index in [1.807, 2.05) is 36.4 Å². The van der Waals surface area contributed by atoms with E-state index in [9.17, 15) is 9.59 Å². The third kappa shape index (κ3) is 4.92. The summed E-state index contributed by atoms with van der Waals surface area (Å²) < 4.78 is 12.7. The summed E-state index contributed by atoms with van der Waals surface area (Å²) in [5.41, 5.74) is 2.87. The number of fused-ring (bicyclic) bond motifs is 1. The fourth-order valence-electron chi connectivity index (χ4n) is 2.98. The zero-order chi connectivity index (χ0) is 21.0. The van der Waals surface area contributed by atoms with Crippen LogP contribution in [0.5, 0.6) is 5.75 Å². The number of nitrogens with zero attached hydrogens (tertiary/aromatic N) is 2. The van der Waals surface area contributed by atoms with Crippen LogP contribution in [0.15, 0.2) is 47.5 Å². The predicted molar refractivity (Wildman–Crippen MR) is 113 cm³/mol. The molecule has 7 heteroatoms. The highest BCUT2D eigenvalue weighted by Gasteiger charge is 2.13. The molecule has 3 aromatic rings. The molecule has 0 saturated heterocycles. The molecule has 0 atom stereocenters. The summed E-state index contributed by atoms with van der Waals surface area (Å²) in [6.07, 6.45) is 0.154. The lowest BCUT2D eigenvalue weighted by Crippen LogP contribution is -2.22. The Kier molecular flexibility index (Phi) is 6.49. The maximum absolute atomic E-state index is 12.6. The molecule has 0 aliphatic carbocycles. The number of thiazole rings is 1. The fraction of sp³-hybridized carbons (Fsp3) is 0.318. The Labute approximate surface area is 173 Å². The number of ether oxygens (including phenoxy) is 2. The van der Waals surface area contributed by atoms with Gasteiger partial charge < -0.3 is 14.0 Å². The molecule has 1 aromatic heterocycles. The maximum atomic E-state index is 12.6. The van der Waals surface area contributed by atoms with Crippen LogP contribution in [0.4, 0.5) is 0 Å². The van der Waals surface area contributed by atoms with Gasteiger partial charge in [0.15, 0.2) is 4.80 Å². The lowest BCUT2D eigenvalue weighted by Gasteiger charge is -2.06. The van der Waals surface area contributed by atoms with Crippen LogP contribution in [0.3, 0.4) is 0 Å². The van der Waals surface area contributed by atoms with Crippen molar-refractivity contribution in [1.29, 1.82) is 0 Å². The Morgan fingerprint density at radius 2 is 1.93 bits per heavy atom. The van der Waals surface area contributed by atoms with Crippen LogP contribution in [0.1, 0.15) is 30.9 Å². The molecule has 0 bridgehead atoms. The molecule has 2 aromatic carbocycles. The zero-order valence-corrected chi connectivity index (χ0v) is 17.8. The van der Waals surface area contributed by atoms with Crippen LogP contribution in [-0.4, -0.2) is 30.7 Å². The number of carbonyl (C=O) groups is 2. The van der Waals surface area contributed by atoms with Crippen molar-refractivity contribution in [1.82, 2.24) is 4.57 Å². The van der Waals surface area contributed by atoms with Crippen LogP contribution < -0.4 is 9.54 Å². The third-order valence-corrected chi connectivity index (χ3v) is 5.64. The van der Waals surface area contributed by atoms with Crippen molar-refractivity contribution < 1.29 is 19.1 Å². The molecule has 3 rings (SSSR count). The minimum absolute atomic E-state index is 0.00278. The lowest BCUT2D eigenvalue weighted by atomic mass is 10.0. The van der Waals surface area contributed by atoms with Crippen LogP contribution in [-0.2, 0) is 27.3 Å². The van der Waals surface area contributed by atoms with Crippen molar-refractivity contribution in [2.75, 3.05) is 14.2 Å². The van der Waals surface area contributed by atoms with Gasteiger partial charge in [0, 0.05) is 0 Å². The van der Waals surface area contributed by atoms with Crippen molar-refractivity contribution in [3.05, 3.63) is 58.4 Å². The molecular weight excluding hydrogens is 388 g/mol. The second-order valence-corrected chi connectivity index (χ2v) is 7.97. The summed E-state index contributed by atoms with van der Waals surface area (Å²) in [6, 6.07) is 13.4. The summed E-state index contributed by atoms with van der Waals surface area (Å²) in [7, 11) is 2.93. The van der Waals surface area contributed by atoms with Gasteiger partial charge in [-0.05, 0) is 41.3 Å². The Bertz CT molecular complexity index is 1110.